The number of nitriles is 1. The topological polar surface area (TPSA) is 102 Å². The van der Waals surface area contributed by atoms with Gasteiger partial charge in [0.05, 0.1) is 35.4 Å². The summed E-state index contributed by atoms with van der Waals surface area (Å²) in [4.78, 5) is 28.5. The molecule has 3 aromatic rings. The van der Waals surface area contributed by atoms with E-state index in [2.05, 4.69) is 11.1 Å². The Morgan fingerprint density at radius 3 is 2.76 bits per heavy atom. The lowest BCUT2D eigenvalue weighted by Crippen LogP contribution is -2.26. The molecule has 7 nitrogen and oxygen atoms in total. The van der Waals surface area contributed by atoms with Gasteiger partial charge in [-0.1, -0.05) is 19.1 Å². The molecular formula is C25H26N2O5S. The number of hydrogen-bond donors (Lipinski definition) is 0. The molecule has 0 N–H and O–H groups in total. The molecule has 0 bridgehead atoms. The van der Waals surface area contributed by atoms with Gasteiger partial charge in [-0.3, -0.25) is 4.79 Å². The van der Waals surface area contributed by atoms with Crippen LogP contribution < -0.4 is 10.4 Å². The summed E-state index contributed by atoms with van der Waals surface area (Å²) in [6.45, 7) is 6.53. The first kappa shape index (κ1) is 24.3. The number of nitrogens with zero attached hydrogens (tertiary/aromatic N) is 2. The van der Waals surface area contributed by atoms with E-state index < -0.39 is 11.0 Å². The second-order valence-corrected chi connectivity index (χ2v) is 9.26. The largest absolute Gasteiger partial charge is 0.477 e. The molecule has 8 heteroatoms. The molecule has 3 rings (SSSR count). The van der Waals surface area contributed by atoms with E-state index in [9.17, 15) is 9.59 Å². The molecule has 0 saturated heterocycles. The molecule has 172 valence electrons. The molecule has 0 unspecified atom stereocenters. The Hall–Kier alpha value is -3.31. The van der Waals surface area contributed by atoms with Gasteiger partial charge in [0, 0.05) is 23.0 Å². The first-order valence-corrected chi connectivity index (χ1v) is 11.8. The van der Waals surface area contributed by atoms with Crippen molar-refractivity contribution in [3.63, 3.8) is 0 Å². The van der Waals surface area contributed by atoms with Crippen molar-refractivity contribution in [1.29, 1.82) is 5.26 Å². The highest BCUT2D eigenvalue weighted by atomic mass is 32.2. The van der Waals surface area contributed by atoms with Crippen molar-refractivity contribution in [3.8, 4) is 23.1 Å². The van der Waals surface area contributed by atoms with Gasteiger partial charge in [-0.15, -0.1) is 0 Å². The molecular weight excluding hydrogens is 440 g/mol. The Kier molecular flexibility index (Phi) is 8.12. The normalized spacial score (nSPS) is 11.2. The first-order valence-electron chi connectivity index (χ1n) is 10.7. The Labute approximate surface area is 196 Å². The molecule has 0 amide bonds. The van der Waals surface area contributed by atoms with Crippen LogP contribution >= 0.6 is 11.8 Å². The number of carbonyl (C=O) groups excluding carboxylic acids is 1. The number of fused-ring (bicyclic) bond motifs is 1. The van der Waals surface area contributed by atoms with E-state index in [-0.39, 0.29) is 5.97 Å². The highest BCUT2D eigenvalue weighted by Crippen LogP contribution is 2.24. The lowest BCUT2D eigenvalue weighted by molar-refractivity contribution is -0.153. The number of thioether (sulfide) groups is 1. The summed E-state index contributed by atoms with van der Waals surface area (Å²) in [7, 11) is 0. The molecule has 1 aromatic carbocycles. The van der Waals surface area contributed by atoms with E-state index in [1.807, 2.05) is 20.8 Å². The number of rotatable bonds is 10. The number of aromatic nitrogens is 1. The van der Waals surface area contributed by atoms with Gasteiger partial charge in [0.25, 0.3) is 0 Å². The number of benzene rings is 1. The van der Waals surface area contributed by atoms with Gasteiger partial charge in [-0.25, -0.2) is 9.78 Å². The third-order valence-electron chi connectivity index (χ3n) is 5.27. The fraction of sp³-hybridized carbons (Fsp3) is 0.360. The van der Waals surface area contributed by atoms with Crippen molar-refractivity contribution in [2.24, 2.45) is 5.41 Å². The Bertz CT molecular complexity index is 1230. The second-order valence-electron chi connectivity index (χ2n) is 8.03. The second kappa shape index (κ2) is 11.0. The maximum absolute atomic E-state index is 12.4. The molecule has 2 heterocycles. The average molecular weight is 467 g/mol. The van der Waals surface area contributed by atoms with Crippen LogP contribution in [0.25, 0.3) is 22.1 Å². The molecule has 33 heavy (non-hydrogen) atoms. The number of hydrogen-bond acceptors (Lipinski definition) is 8. The number of ether oxygens (including phenoxy) is 2. The molecule has 0 aliphatic carbocycles. The van der Waals surface area contributed by atoms with Gasteiger partial charge in [0.2, 0.25) is 5.88 Å². The summed E-state index contributed by atoms with van der Waals surface area (Å²) < 4.78 is 16.4. The monoisotopic (exact) mass is 466 g/mol. The van der Waals surface area contributed by atoms with Crippen molar-refractivity contribution in [2.75, 3.05) is 24.7 Å². The molecule has 0 spiro atoms. The number of carbonyl (C=O) groups is 1. The van der Waals surface area contributed by atoms with Crippen LogP contribution in [0.4, 0.5) is 0 Å². The van der Waals surface area contributed by atoms with Gasteiger partial charge in [0.15, 0.2) is 5.58 Å². The minimum Gasteiger partial charge on any atom is -0.477 e. The van der Waals surface area contributed by atoms with Gasteiger partial charge in [-0.05, 0) is 44.0 Å². The lowest BCUT2D eigenvalue weighted by atomic mass is 9.91. The van der Waals surface area contributed by atoms with E-state index in [0.29, 0.717) is 58.3 Å². The van der Waals surface area contributed by atoms with Crippen molar-refractivity contribution in [2.45, 2.75) is 27.2 Å². The van der Waals surface area contributed by atoms with Crippen molar-refractivity contribution >= 4 is 28.7 Å². The zero-order valence-electron chi connectivity index (χ0n) is 18.9. The van der Waals surface area contributed by atoms with Crippen LogP contribution in [0.5, 0.6) is 5.88 Å². The average Bonchev–Trinajstić information content (AvgIpc) is 2.82. The third kappa shape index (κ3) is 6.36. The Balaban J connectivity index is 1.55. The molecule has 0 radical (unpaired) electrons. The third-order valence-corrected chi connectivity index (χ3v) is 6.18. The predicted molar refractivity (Wildman–Crippen MR) is 128 cm³/mol. The van der Waals surface area contributed by atoms with E-state index in [4.69, 9.17) is 19.2 Å². The van der Waals surface area contributed by atoms with Crippen molar-refractivity contribution in [1.82, 2.24) is 4.98 Å². The van der Waals surface area contributed by atoms with Crippen molar-refractivity contribution < 1.29 is 18.7 Å². The van der Waals surface area contributed by atoms with E-state index >= 15 is 0 Å². The minimum atomic E-state index is -0.493. The lowest BCUT2D eigenvalue weighted by Gasteiger charge is -2.20. The molecule has 0 atom stereocenters. The summed E-state index contributed by atoms with van der Waals surface area (Å²) >= 11 is 1.63. The van der Waals surface area contributed by atoms with Gasteiger partial charge >= 0.3 is 11.6 Å². The highest BCUT2D eigenvalue weighted by molar-refractivity contribution is 7.99. The molecule has 0 saturated carbocycles. The van der Waals surface area contributed by atoms with E-state index in [1.165, 1.54) is 6.20 Å². The van der Waals surface area contributed by atoms with Crippen LogP contribution in [0.3, 0.4) is 0 Å². The summed E-state index contributed by atoms with van der Waals surface area (Å²) in [5.74, 6) is 1.65. The number of pyridine rings is 1. The zero-order chi connectivity index (χ0) is 23.8. The summed E-state index contributed by atoms with van der Waals surface area (Å²) in [5.41, 5.74) is 0.863. The SMILES string of the molecule is CCC(C)(C)C(=O)OCCSCCOc1cc2cc(-c3cccc(C#N)c3)c(=O)oc2cn1. The minimum absolute atomic E-state index is 0.174. The van der Waals surface area contributed by atoms with Crippen LogP contribution in [-0.4, -0.2) is 35.7 Å². The van der Waals surface area contributed by atoms with E-state index in [0.717, 1.165) is 6.42 Å². The van der Waals surface area contributed by atoms with Crippen LogP contribution in [0, 0.1) is 16.7 Å². The van der Waals surface area contributed by atoms with Crippen LogP contribution in [0.15, 0.2) is 51.8 Å². The van der Waals surface area contributed by atoms with Gasteiger partial charge in [-0.2, -0.15) is 17.0 Å². The first-order chi connectivity index (χ1) is 15.8. The Morgan fingerprint density at radius 2 is 2.00 bits per heavy atom. The summed E-state index contributed by atoms with van der Waals surface area (Å²) in [5, 5.41) is 9.78. The molecule has 2 aromatic heterocycles. The van der Waals surface area contributed by atoms with E-state index in [1.54, 1.807) is 48.2 Å². The quantitative estimate of drug-likeness (QED) is 0.310. The van der Waals surface area contributed by atoms with Gasteiger partial charge in [0.1, 0.15) is 6.61 Å². The zero-order valence-corrected chi connectivity index (χ0v) is 19.7. The van der Waals surface area contributed by atoms with Crippen molar-refractivity contribution in [3.05, 3.63) is 58.6 Å². The predicted octanol–water partition coefficient (Wildman–Crippen LogP) is 4.82. The van der Waals surface area contributed by atoms with Crippen LogP contribution in [0.1, 0.15) is 32.8 Å². The van der Waals surface area contributed by atoms with Crippen LogP contribution in [0.2, 0.25) is 0 Å². The smallest absolute Gasteiger partial charge is 0.344 e. The Morgan fingerprint density at radius 1 is 1.21 bits per heavy atom. The summed E-state index contributed by atoms with van der Waals surface area (Å²) in [6, 6.07) is 12.3. The van der Waals surface area contributed by atoms with Crippen LogP contribution in [-0.2, 0) is 9.53 Å². The molecule has 0 aliphatic heterocycles. The maximum atomic E-state index is 12.4. The summed E-state index contributed by atoms with van der Waals surface area (Å²) in [6.07, 6.45) is 2.20. The maximum Gasteiger partial charge on any atom is 0.344 e. The standard InChI is InChI=1S/C25H26N2O5S/c1-4-25(2,3)24(29)31-9-11-33-10-8-30-22-14-19-13-20(23(28)32-21(19)16-27-22)18-7-5-6-17(12-18)15-26/h5-7,12-14,16H,4,8-11H2,1-3H3. The fourth-order valence-corrected chi connectivity index (χ4v) is 3.49. The number of esters is 1. The van der Waals surface area contributed by atoms with Gasteiger partial charge < -0.3 is 13.9 Å². The fourth-order valence-electron chi connectivity index (χ4n) is 2.88. The highest BCUT2D eigenvalue weighted by Gasteiger charge is 2.26. The molecule has 0 aliphatic rings. The molecule has 0 fully saturated rings.